The van der Waals surface area contributed by atoms with Gasteiger partial charge in [-0.2, -0.15) is 0 Å². The van der Waals surface area contributed by atoms with Crippen molar-refractivity contribution in [2.45, 2.75) is 123 Å². The highest BCUT2D eigenvalue weighted by Crippen LogP contribution is 2.35. The summed E-state index contributed by atoms with van der Waals surface area (Å²) in [4.78, 5) is 42.4. The number of ether oxygens (including phenoxy) is 2. The number of carbonyl (C=O) groups is 2. The van der Waals surface area contributed by atoms with E-state index in [9.17, 15) is 14.2 Å². The van der Waals surface area contributed by atoms with Crippen molar-refractivity contribution in [2.24, 2.45) is 0 Å². The van der Waals surface area contributed by atoms with Crippen LogP contribution in [0.3, 0.4) is 0 Å². The van der Waals surface area contributed by atoms with Crippen LogP contribution in [-0.2, 0) is 28.2 Å². The molecule has 0 aromatic carbocycles. The highest BCUT2D eigenvalue weighted by molar-refractivity contribution is 7.46. The average Bonchev–Trinajstić information content (AvgIpc) is 2.98. The van der Waals surface area contributed by atoms with Crippen molar-refractivity contribution in [3.05, 3.63) is 72.9 Å². The van der Waals surface area contributed by atoms with Crippen LogP contribution in [0.1, 0.15) is 117 Å². The molecule has 8 nitrogen and oxygen atoms in total. The van der Waals surface area contributed by atoms with E-state index >= 15 is 0 Å². The molecule has 0 aromatic rings. The second-order valence-corrected chi connectivity index (χ2v) is 11.6. The van der Waals surface area contributed by atoms with Crippen molar-refractivity contribution in [1.82, 2.24) is 0 Å². The van der Waals surface area contributed by atoms with Gasteiger partial charge in [0.25, 0.3) is 0 Å². The Bertz CT molecular complexity index is 942. The molecular weight excluding hydrogens is 579 g/mol. The molecule has 0 rings (SSSR count). The van der Waals surface area contributed by atoms with Crippen molar-refractivity contribution >= 4 is 19.8 Å². The van der Waals surface area contributed by atoms with Crippen LogP contribution in [0.2, 0.25) is 0 Å². The Morgan fingerprint density at radius 2 is 1.14 bits per heavy atom. The molecule has 0 aliphatic carbocycles. The summed E-state index contributed by atoms with van der Waals surface area (Å²) in [5.74, 6) is -1.01. The fourth-order valence-corrected chi connectivity index (χ4v) is 4.19. The summed E-state index contributed by atoms with van der Waals surface area (Å²) in [6, 6.07) is 0. The summed E-state index contributed by atoms with van der Waals surface area (Å²) in [5, 5.41) is 0. The van der Waals surface area contributed by atoms with Crippen molar-refractivity contribution in [2.75, 3.05) is 13.2 Å². The molecule has 0 aliphatic rings. The van der Waals surface area contributed by atoms with Crippen molar-refractivity contribution in [3.63, 3.8) is 0 Å². The topological polar surface area (TPSA) is 119 Å². The number of hydrogen-bond acceptors (Lipinski definition) is 6. The number of rotatable bonds is 28. The lowest BCUT2D eigenvalue weighted by Crippen LogP contribution is -2.29. The van der Waals surface area contributed by atoms with Crippen molar-refractivity contribution < 1.29 is 37.9 Å². The van der Waals surface area contributed by atoms with Crippen molar-refractivity contribution in [3.8, 4) is 0 Å². The molecule has 250 valence electrons. The minimum absolute atomic E-state index is 0.0837. The standard InChI is InChI=1S/C35H57O8P/c1-3-5-7-9-11-13-15-17-19-21-23-25-27-29-34(36)41-31-33(32-42-44(38,39)40)43-35(37)30-28-26-24-22-20-18-16-14-12-10-8-6-4-2/h6-9,12-15,18,20,24,26,33H,3-5,10-11,16-17,19,21-23,25,27-32H2,1-2H3,(H2,38,39,40)/b8-6-,9-7-,14-12-,15-13-,20-18-,26-24-. The average molecular weight is 637 g/mol. The Balaban J connectivity index is 4.19. The summed E-state index contributed by atoms with van der Waals surface area (Å²) < 4.78 is 26.1. The summed E-state index contributed by atoms with van der Waals surface area (Å²) in [5.41, 5.74) is 0. The van der Waals surface area contributed by atoms with Gasteiger partial charge in [0.05, 0.1) is 6.61 Å². The molecule has 0 saturated carbocycles. The molecule has 0 bridgehead atoms. The molecule has 0 fully saturated rings. The highest BCUT2D eigenvalue weighted by atomic mass is 31.2. The SMILES string of the molecule is CC/C=C\C/C=C\C/C=C\C/C=C\CCC(=O)OC(COC(=O)CCCCCCC/C=C\C/C=C\CCC)COP(=O)(O)O. The largest absolute Gasteiger partial charge is 0.469 e. The zero-order valence-electron chi connectivity index (χ0n) is 27.0. The first-order valence-electron chi connectivity index (χ1n) is 16.2. The van der Waals surface area contributed by atoms with E-state index in [4.69, 9.17) is 19.3 Å². The maximum absolute atomic E-state index is 12.3. The van der Waals surface area contributed by atoms with E-state index in [2.05, 4.69) is 79.1 Å². The van der Waals surface area contributed by atoms with Gasteiger partial charge in [0, 0.05) is 12.8 Å². The van der Waals surface area contributed by atoms with Crippen LogP contribution < -0.4 is 0 Å². The predicted octanol–water partition coefficient (Wildman–Crippen LogP) is 9.17. The normalized spacial score (nSPS) is 13.5. The number of carbonyl (C=O) groups excluding carboxylic acids is 2. The van der Waals surface area contributed by atoms with Gasteiger partial charge in [-0.15, -0.1) is 0 Å². The summed E-state index contributed by atoms with van der Waals surface area (Å²) in [7, 11) is -4.77. The van der Waals surface area contributed by atoms with Crippen LogP contribution >= 0.6 is 7.82 Å². The summed E-state index contributed by atoms with van der Waals surface area (Å²) >= 11 is 0. The minimum Gasteiger partial charge on any atom is -0.462 e. The zero-order chi connectivity index (χ0) is 32.6. The molecule has 0 spiro atoms. The quantitative estimate of drug-likeness (QED) is 0.0378. The first-order chi connectivity index (χ1) is 21.3. The van der Waals surface area contributed by atoms with Crippen LogP contribution in [-0.4, -0.2) is 41.0 Å². The molecular formula is C35H57O8P. The van der Waals surface area contributed by atoms with Gasteiger partial charge in [-0.3, -0.25) is 14.1 Å². The molecule has 2 N–H and O–H groups in total. The Morgan fingerprint density at radius 1 is 0.614 bits per heavy atom. The smallest absolute Gasteiger partial charge is 0.462 e. The molecule has 1 atom stereocenters. The molecule has 0 amide bonds. The Morgan fingerprint density at radius 3 is 1.73 bits per heavy atom. The molecule has 0 aromatic heterocycles. The van der Waals surface area contributed by atoms with E-state index in [0.717, 1.165) is 70.6 Å². The van der Waals surface area contributed by atoms with Gasteiger partial charge in [-0.1, -0.05) is 112 Å². The third kappa shape index (κ3) is 32.4. The third-order valence-corrected chi connectivity index (χ3v) is 6.69. The lowest BCUT2D eigenvalue weighted by molar-refractivity contribution is -0.161. The van der Waals surface area contributed by atoms with E-state index < -0.39 is 32.5 Å². The number of hydrogen-bond donors (Lipinski definition) is 2. The second kappa shape index (κ2) is 30.5. The number of phosphoric ester groups is 1. The zero-order valence-corrected chi connectivity index (χ0v) is 27.9. The minimum atomic E-state index is -4.77. The molecule has 0 heterocycles. The maximum atomic E-state index is 12.3. The monoisotopic (exact) mass is 636 g/mol. The van der Waals surface area contributed by atoms with Gasteiger partial charge in [0.1, 0.15) is 6.61 Å². The number of esters is 2. The van der Waals surface area contributed by atoms with Gasteiger partial charge < -0.3 is 19.3 Å². The highest BCUT2D eigenvalue weighted by Gasteiger charge is 2.22. The maximum Gasteiger partial charge on any atom is 0.469 e. The molecule has 0 saturated heterocycles. The number of phosphoric acid groups is 1. The lowest BCUT2D eigenvalue weighted by atomic mass is 10.1. The van der Waals surface area contributed by atoms with Gasteiger partial charge in [-0.05, 0) is 64.2 Å². The van der Waals surface area contributed by atoms with E-state index in [-0.39, 0.29) is 19.4 Å². The third-order valence-electron chi connectivity index (χ3n) is 6.20. The number of unbranched alkanes of at least 4 members (excludes halogenated alkanes) is 6. The van der Waals surface area contributed by atoms with E-state index in [1.54, 1.807) is 0 Å². The lowest BCUT2D eigenvalue weighted by Gasteiger charge is -2.18. The molecule has 1 unspecified atom stereocenters. The van der Waals surface area contributed by atoms with Crippen molar-refractivity contribution in [1.29, 1.82) is 0 Å². The first kappa shape index (κ1) is 41.5. The molecule has 44 heavy (non-hydrogen) atoms. The molecule has 0 radical (unpaired) electrons. The molecule has 9 heteroatoms. The van der Waals surface area contributed by atoms with Gasteiger partial charge in [0.2, 0.25) is 0 Å². The van der Waals surface area contributed by atoms with Crippen LogP contribution in [0.4, 0.5) is 0 Å². The van der Waals surface area contributed by atoms with E-state index in [1.807, 2.05) is 12.2 Å². The predicted molar refractivity (Wildman–Crippen MR) is 179 cm³/mol. The Labute approximate surface area is 266 Å². The van der Waals surface area contributed by atoms with Crippen LogP contribution in [0.15, 0.2) is 72.9 Å². The fraction of sp³-hybridized carbons (Fsp3) is 0.600. The van der Waals surface area contributed by atoms with Gasteiger partial charge >= 0.3 is 19.8 Å². The van der Waals surface area contributed by atoms with Crippen LogP contribution in [0.25, 0.3) is 0 Å². The van der Waals surface area contributed by atoms with Crippen LogP contribution in [0, 0.1) is 0 Å². The van der Waals surface area contributed by atoms with Gasteiger partial charge in [0.15, 0.2) is 6.10 Å². The Kier molecular flexibility index (Phi) is 28.8. The summed E-state index contributed by atoms with van der Waals surface area (Å²) in [6.45, 7) is 3.38. The Hall–Kier alpha value is -2.51. The van der Waals surface area contributed by atoms with Crippen LogP contribution in [0.5, 0.6) is 0 Å². The van der Waals surface area contributed by atoms with Gasteiger partial charge in [-0.25, -0.2) is 4.57 Å². The molecule has 0 aliphatic heterocycles. The fourth-order valence-electron chi connectivity index (χ4n) is 3.83. The van der Waals surface area contributed by atoms with E-state index in [0.29, 0.717) is 12.8 Å². The van der Waals surface area contributed by atoms with E-state index in [1.165, 1.54) is 6.42 Å². The summed E-state index contributed by atoms with van der Waals surface area (Å²) in [6.07, 6.45) is 37.9. The number of allylic oxidation sites excluding steroid dienone is 12. The second-order valence-electron chi connectivity index (χ2n) is 10.4. The first-order valence-corrected chi connectivity index (χ1v) is 17.8.